The summed E-state index contributed by atoms with van der Waals surface area (Å²) in [4.78, 5) is 28.0. The van der Waals surface area contributed by atoms with Crippen LogP contribution >= 0.6 is 0 Å². The lowest BCUT2D eigenvalue weighted by molar-refractivity contribution is 0.0517. The van der Waals surface area contributed by atoms with Crippen LogP contribution in [-0.2, 0) is 0 Å². The van der Waals surface area contributed by atoms with Crippen LogP contribution in [0.2, 0.25) is 0 Å². The standard InChI is InChI=1S/C17H17FN2O3/c1-12-5-10-23-15(12)17(22)20-8-6-19(7-9-20)16(21)13-3-2-4-14(18)11-13/h2-5,10-11H,6-9H2,1H3. The van der Waals surface area contributed by atoms with Gasteiger partial charge >= 0.3 is 0 Å². The Morgan fingerprint density at radius 3 is 2.26 bits per heavy atom. The summed E-state index contributed by atoms with van der Waals surface area (Å²) in [5.74, 6) is -0.469. The van der Waals surface area contributed by atoms with Crippen LogP contribution in [0.15, 0.2) is 41.0 Å². The van der Waals surface area contributed by atoms with Gasteiger partial charge in [0.05, 0.1) is 6.26 Å². The maximum atomic E-state index is 13.2. The Bertz CT molecular complexity index is 733. The van der Waals surface area contributed by atoms with Crippen LogP contribution in [0, 0.1) is 12.7 Å². The van der Waals surface area contributed by atoms with Gasteiger partial charge in [0.15, 0.2) is 5.76 Å². The van der Waals surface area contributed by atoms with Gasteiger partial charge in [-0.05, 0) is 31.2 Å². The summed E-state index contributed by atoms with van der Waals surface area (Å²) in [6, 6.07) is 7.39. The van der Waals surface area contributed by atoms with Crippen LogP contribution in [0.4, 0.5) is 4.39 Å². The zero-order valence-corrected chi connectivity index (χ0v) is 12.8. The highest BCUT2D eigenvalue weighted by Gasteiger charge is 2.27. The molecule has 5 nitrogen and oxygen atoms in total. The van der Waals surface area contributed by atoms with Crippen LogP contribution in [0.1, 0.15) is 26.5 Å². The number of amides is 2. The summed E-state index contributed by atoms with van der Waals surface area (Å²) >= 11 is 0. The highest BCUT2D eigenvalue weighted by Crippen LogP contribution is 2.15. The second-order valence-corrected chi connectivity index (χ2v) is 5.53. The van der Waals surface area contributed by atoms with Crippen molar-refractivity contribution in [1.82, 2.24) is 9.80 Å². The quantitative estimate of drug-likeness (QED) is 0.854. The fourth-order valence-electron chi connectivity index (χ4n) is 2.65. The fraction of sp³-hybridized carbons (Fsp3) is 0.294. The predicted molar refractivity (Wildman–Crippen MR) is 81.7 cm³/mol. The molecule has 0 saturated carbocycles. The average Bonchev–Trinajstić information content (AvgIpc) is 3.00. The lowest BCUT2D eigenvalue weighted by atomic mass is 10.1. The van der Waals surface area contributed by atoms with E-state index in [1.54, 1.807) is 21.9 Å². The third-order valence-corrected chi connectivity index (χ3v) is 3.98. The largest absolute Gasteiger partial charge is 0.459 e. The molecule has 2 aromatic rings. The van der Waals surface area contributed by atoms with Crippen molar-refractivity contribution in [1.29, 1.82) is 0 Å². The van der Waals surface area contributed by atoms with Gasteiger partial charge in [-0.1, -0.05) is 6.07 Å². The number of halogens is 1. The van der Waals surface area contributed by atoms with Gasteiger partial charge in [0, 0.05) is 37.3 Å². The molecular weight excluding hydrogens is 299 g/mol. The Hall–Kier alpha value is -2.63. The second-order valence-electron chi connectivity index (χ2n) is 5.53. The second kappa shape index (κ2) is 6.24. The van der Waals surface area contributed by atoms with Crippen LogP contribution in [0.5, 0.6) is 0 Å². The highest BCUT2D eigenvalue weighted by molar-refractivity contribution is 5.95. The van der Waals surface area contributed by atoms with E-state index < -0.39 is 5.82 Å². The van der Waals surface area contributed by atoms with Crippen molar-refractivity contribution in [2.45, 2.75) is 6.92 Å². The number of hydrogen-bond acceptors (Lipinski definition) is 3. The number of carbonyl (C=O) groups excluding carboxylic acids is 2. The molecule has 0 aliphatic carbocycles. The molecule has 3 rings (SSSR count). The molecule has 1 aromatic heterocycles. The summed E-state index contributed by atoms with van der Waals surface area (Å²) in [6.45, 7) is 3.52. The molecule has 2 heterocycles. The van der Waals surface area contributed by atoms with Gasteiger partial charge in [0.2, 0.25) is 0 Å². The molecule has 120 valence electrons. The molecular formula is C17H17FN2O3. The molecule has 0 radical (unpaired) electrons. The summed E-state index contributed by atoms with van der Waals surface area (Å²) < 4.78 is 18.4. The summed E-state index contributed by atoms with van der Waals surface area (Å²) in [5, 5.41) is 0. The minimum atomic E-state index is -0.432. The number of nitrogens with zero attached hydrogens (tertiary/aromatic N) is 2. The summed E-state index contributed by atoms with van der Waals surface area (Å²) in [6.07, 6.45) is 1.49. The smallest absolute Gasteiger partial charge is 0.289 e. The Morgan fingerprint density at radius 1 is 1.04 bits per heavy atom. The van der Waals surface area contributed by atoms with Crippen LogP contribution in [0.25, 0.3) is 0 Å². The van der Waals surface area contributed by atoms with Gasteiger partial charge in [0.25, 0.3) is 11.8 Å². The third kappa shape index (κ3) is 3.11. The Kier molecular flexibility index (Phi) is 4.14. The van der Waals surface area contributed by atoms with Gasteiger partial charge in [-0.3, -0.25) is 9.59 Å². The molecule has 6 heteroatoms. The predicted octanol–water partition coefficient (Wildman–Crippen LogP) is 2.33. The summed E-state index contributed by atoms with van der Waals surface area (Å²) in [5.41, 5.74) is 1.12. The molecule has 0 atom stereocenters. The van der Waals surface area contributed by atoms with E-state index in [-0.39, 0.29) is 11.8 Å². The number of rotatable bonds is 2. The van der Waals surface area contributed by atoms with Crippen LogP contribution in [0.3, 0.4) is 0 Å². The van der Waals surface area contributed by atoms with Gasteiger partial charge in [-0.15, -0.1) is 0 Å². The van der Waals surface area contributed by atoms with Gasteiger partial charge in [-0.25, -0.2) is 4.39 Å². The molecule has 0 spiro atoms. The maximum Gasteiger partial charge on any atom is 0.289 e. The first kappa shape index (κ1) is 15.3. The van der Waals surface area contributed by atoms with Gasteiger partial charge < -0.3 is 14.2 Å². The van der Waals surface area contributed by atoms with Crippen molar-refractivity contribution in [2.75, 3.05) is 26.2 Å². The van der Waals surface area contributed by atoms with Gasteiger partial charge in [0.1, 0.15) is 5.82 Å². The molecule has 1 aromatic carbocycles. The molecule has 0 unspecified atom stereocenters. The van der Waals surface area contributed by atoms with E-state index >= 15 is 0 Å². The lowest BCUT2D eigenvalue weighted by Gasteiger charge is -2.34. The maximum absolute atomic E-state index is 13.2. The Labute approximate surface area is 133 Å². The Morgan fingerprint density at radius 2 is 1.70 bits per heavy atom. The first-order chi connectivity index (χ1) is 11.1. The first-order valence-electron chi connectivity index (χ1n) is 7.44. The van der Waals surface area contributed by atoms with E-state index in [0.29, 0.717) is 37.5 Å². The SMILES string of the molecule is Cc1ccoc1C(=O)N1CCN(C(=O)c2cccc(F)c2)CC1. The molecule has 23 heavy (non-hydrogen) atoms. The van der Waals surface area contributed by atoms with E-state index in [4.69, 9.17) is 4.42 Å². The fourth-order valence-corrected chi connectivity index (χ4v) is 2.65. The van der Waals surface area contributed by atoms with Crippen molar-refractivity contribution in [3.05, 3.63) is 59.3 Å². The van der Waals surface area contributed by atoms with E-state index in [1.165, 1.54) is 24.5 Å². The number of hydrogen-bond donors (Lipinski definition) is 0. The zero-order valence-electron chi connectivity index (χ0n) is 12.8. The van der Waals surface area contributed by atoms with Gasteiger partial charge in [-0.2, -0.15) is 0 Å². The first-order valence-corrected chi connectivity index (χ1v) is 7.44. The van der Waals surface area contributed by atoms with Crippen LogP contribution < -0.4 is 0 Å². The van der Waals surface area contributed by atoms with Crippen molar-refractivity contribution >= 4 is 11.8 Å². The zero-order chi connectivity index (χ0) is 16.4. The molecule has 1 fully saturated rings. The van der Waals surface area contributed by atoms with E-state index in [9.17, 15) is 14.0 Å². The normalized spacial score (nSPS) is 14.9. The highest BCUT2D eigenvalue weighted by atomic mass is 19.1. The van der Waals surface area contributed by atoms with Crippen molar-refractivity contribution in [3.8, 4) is 0 Å². The minimum absolute atomic E-state index is 0.162. The van der Waals surface area contributed by atoms with E-state index in [1.807, 2.05) is 6.92 Å². The van der Waals surface area contributed by atoms with Crippen molar-refractivity contribution in [2.24, 2.45) is 0 Å². The monoisotopic (exact) mass is 316 g/mol. The molecule has 1 aliphatic heterocycles. The number of piperazine rings is 1. The molecule has 0 N–H and O–H groups in total. The van der Waals surface area contributed by atoms with Crippen LogP contribution in [-0.4, -0.2) is 47.8 Å². The number of carbonyl (C=O) groups is 2. The number of benzene rings is 1. The molecule has 1 saturated heterocycles. The number of aryl methyl sites for hydroxylation is 1. The third-order valence-electron chi connectivity index (χ3n) is 3.98. The lowest BCUT2D eigenvalue weighted by Crippen LogP contribution is -2.50. The molecule has 1 aliphatic rings. The number of furan rings is 1. The van der Waals surface area contributed by atoms with Crippen molar-refractivity contribution < 1.29 is 18.4 Å². The molecule has 0 bridgehead atoms. The Balaban J connectivity index is 1.63. The van der Waals surface area contributed by atoms with E-state index in [0.717, 1.165) is 5.56 Å². The topological polar surface area (TPSA) is 53.8 Å². The van der Waals surface area contributed by atoms with E-state index in [2.05, 4.69) is 0 Å². The minimum Gasteiger partial charge on any atom is -0.459 e. The molecule has 2 amide bonds. The van der Waals surface area contributed by atoms with Crippen molar-refractivity contribution in [3.63, 3.8) is 0 Å². The summed E-state index contributed by atoms with van der Waals surface area (Å²) in [7, 11) is 0. The average molecular weight is 316 g/mol.